The molecule has 3 aromatic carbocycles. The molecule has 5 aromatic rings. The van der Waals surface area contributed by atoms with E-state index in [1.165, 1.54) is 11.6 Å². The first kappa shape index (κ1) is 25.4. The number of fused-ring (bicyclic) bond motifs is 1. The van der Waals surface area contributed by atoms with Crippen molar-refractivity contribution in [2.75, 3.05) is 5.32 Å². The Morgan fingerprint density at radius 2 is 1.79 bits per heavy atom. The second-order valence-corrected chi connectivity index (χ2v) is 9.76. The quantitative estimate of drug-likeness (QED) is 0.167. The molecule has 0 aliphatic carbocycles. The van der Waals surface area contributed by atoms with Crippen molar-refractivity contribution in [2.45, 2.75) is 19.8 Å². The highest BCUT2D eigenvalue weighted by Gasteiger charge is 2.13. The molecule has 6 nitrogen and oxygen atoms in total. The lowest BCUT2D eigenvalue weighted by atomic mass is 10.0. The Labute approximate surface area is 230 Å². The Bertz CT molecular complexity index is 1650. The summed E-state index contributed by atoms with van der Waals surface area (Å²) in [4.78, 5) is 17.1. The van der Waals surface area contributed by atoms with Gasteiger partial charge in [0.1, 0.15) is 17.0 Å². The van der Waals surface area contributed by atoms with Crippen LogP contribution >= 0.6 is 23.8 Å². The number of furan rings is 1. The molecule has 0 atom stereocenters. The van der Waals surface area contributed by atoms with Crippen LogP contribution in [0, 0.1) is 0 Å². The zero-order valence-electron chi connectivity index (χ0n) is 20.7. The highest BCUT2D eigenvalue weighted by Crippen LogP contribution is 2.31. The molecule has 190 valence electrons. The van der Waals surface area contributed by atoms with Crippen LogP contribution in [0.15, 0.2) is 93.8 Å². The predicted octanol–water partition coefficient (Wildman–Crippen LogP) is 8.06. The number of carbonyl (C=O) groups is 1. The third-order valence-corrected chi connectivity index (χ3v) is 6.39. The summed E-state index contributed by atoms with van der Waals surface area (Å²) in [6, 6.07) is 24.7. The van der Waals surface area contributed by atoms with E-state index in [2.05, 4.69) is 29.5 Å². The number of aromatic nitrogens is 1. The standard InChI is InChI=1S/C30H24ClN3O3S/c1-18(2)20-9-13-27-25(16-20)32-29(37-27)21-8-12-23(31)24(17-21)33-30(38)34-28(35)15-11-22-10-14-26(36-22)19-6-4-3-5-7-19/h3-18H,1-2H3,(H2,33,34,35,38)/b15-11+. The zero-order chi connectivity index (χ0) is 26.6. The van der Waals surface area contributed by atoms with Gasteiger partial charge in [-0.25, -0.2) is 4.98 Å². The Morgan fingerprint density at radius 3 is 2.58 bits per heavy atom. The van der Waals surface area contributed by atoms with Crippen LogP contribution in [-0.2, 0) is 4.79 Å². The first-order chi connectivity index (χ1) is 18.4. The summed E-state index contributed by atoms with van der Waals surface area (Å²) < 4.78 is 11.7. The molecule has 5 rings (SSSR count). The van der Waals surface area contributed by atoms with Gasteiger partial charge in [-0.1, -0.05) is 61.8 Å². The average Bonchev–Trinajstić information content (AvgIpc) is 3.56. The van der Waals surface area contributed by atoms with Crippen LogP contribution in [0.5, 0.6) is 0 Å². The summed E-state index contributed by atoms with van der Waals surface area (Å²) in [6.45, 7) is 4.27. The van der Waals surface area contributed by atoms with Gasteiger partial charge in [0.05, 0.1) is 10.7 Å². The molecule has 0 radical (unpaired) electrons. The summed E-state index contributed by atoms with van der Waals surface area (Å²) >= 11 is 11.7. The number of hydrogen-bond acceptors (Lipinski definition) is 5. The van der Waals surface area contributed by atoms with Crippen molar-refractivity contribution in [3.63, 3.8) is 0 Å². The van der Waals surface area contributed by atoms with Gasteiger partial charge in [-0.15, -0.1) is 0 Å². The number of anilines is 1. The normalized spacial score (nSPS) is 11.4. The molecule has 0 saturated heterocycles. The second kappa shape index (κ2) is 11.0. The summed E-state index contributed by atoms with van der Waals surface area (Å²) in [7, 11) is 0. The molecule has 0 unspecified atom stereocenters. The minimum Gasteiger partial charge on any atom is -0.457 e. The van der Waals surface area contributed by atoms with Crippen molar-refractivity contribution in [3.8, 4) is 22.8 Å². The number of carbonyl (C=O) groups excluding carboxylic acids is 1. The van der Waals surface area contributed by atoms with Crippen molar-refractivity contribution in [1.29, 1.82) is 0 Å². The molecule has 2 aromatic heterocycles. The molecule has 0 fully saturated rings. The number of oxazole rings is 1. The second-order valence-electron chi connectivity index (χ2n) is 8.94. The molecule has 0 saturated carbocycles. The van der Waals surface area contributed by atoms with E-state index in [4.69, 9.17) is 32.7 Å². The first-order valence-corrected chi connectivity index (χ1v) is 12.8. The maximum atomic E-state index is 12.4. The van der Waals surface area contributed by atoms with Gasteiger partial charge in [-0.2, -0.15) is 0 Å². The number of nitrogens with zero attached hydrogens (tertiary/aromatic N) is 1. The number of thiocarbonyl (C=S) groups is 1. The third-order valence-electron chi connectivity index (χ3n) is 5.86. The maximum absolute atomic E-state index is 12.4. The van der Waals surface area contributed by atoms with Gasteiger partial charge in [0, 0.05) is 17.2 Å². The van der Waals surface area contributed by atoms with Gasteiger partial charge in [0.25, 0.3) is 0 Å². The smallest absolute Gasteiger partial charge is 0.250 e. The van der Waals surface area contributed by atoms with Gasteiger partial charge in [0.15, 0.2) is 10.7 Å². The van der Waals surface area contributed by atoms with Crippen LogP contribution in [-0.4, -0.2) is 16.0 Å². The van der Waals surface area contributed by atoms with Crippen molar-refractivity contribution in [3.05, 3.63) is 101 Å². The molecular weight excluding hydrogens is 518 g/mol. The van der Waals surface area contributed by atoms with Crippen LogP contribution in [0.1, 0.15) is 31.1 Å². The van der Waals surface area contributed by atoms with E-state index in [1.54, 1.807) is 24.3 Å². The lowest BCUT2D eigenvalue weighted by Crippen LogP contribution is -2.32. The lowest BCUT2D eigenvalue weighted by Gasteiger charge is -2.10. The molecular formula is C30H24ClN3O3S. The number of nitrogens with one attached hydrogen (secondary N) is 2. The molecule has 0 aliphatic heterocycles. The molecule has 38 heavy (non-hydrogen) atoms. The lowest BCUT2D eigenvalue weighted by molar-refractivity contribution is -0.115. The Hall–Kier alpha value is -4.20. The molecule has 0 aliphatic rings. The van der Waals surface area contributed by atoms with Gasteiger partial charge in [0.2, 0.25) is 11.8 Å². The number of hydrogen-bond donors (Lipinski definition) is 2. The topological polar surface area (TPSA) is 80.3 Å². The number of halogens is 1. The van der Waals surface area contributed by atoms with Crippen LogP contribution in [0.3, 0.4) is 0 Å². The fourth-order valence-electron chi connectivity index (χ4n) is 3.85. The molecule has 2 N–H and O–H groups in total. The van der Waals surface area contributed by atoms with Crippen LogP contribution < -0.4 is 10.6 Å². The van der Waals surface area contributed by atoms with E-state index in [0.29, 0.717) is 33.9 Å². The Kier molecular flexibility index (Phi) is 7.40. The molecule has 2 heterocycles. The van der Waals surface area contributed by atoms with Crippen LogP contribution in [0.2, 0.25) is 5.02 Å². The summed E-state index contributed by atoms with van der Waals surface area (Å²) in [6.07, 6.45) is 2.93. The number of rotatable bonds is 6. The first-order valence-electron chi connectivity index (χ1n) is 12.0. The molecule has 0 bridgehead atoms. The number of benzene rings is 3. The van der Waals surface area contributed by atoms with Crippen LogP contribution in [0.25, 0.3) is 40.0 Å². The van der Waals surface area contributed by atoms with E-state index in [0.717, 1.165) is 22.4 Å². The van der Waals surface area contributed by atoms with Gasteiger partial charge in [-0.3, -0.25) is 10.1 Å². The molecule has 1 amide bonds. The van der Waals surface area contributed by atoms with E-state index in [-0.39, 0.29) is 5.11 Å². The van der Waals surface area contributed by atoms with E-state index in [1.807, 2.05) is 60.7 Å². The fourth-order valence-corrected chi connectivity index (χ4v) is 4.22. The van der Waals surface area contributed by atoms with Crippen molar-refractivity contribution < 1.29 is 13.6 Å². The minimum atomic E-state index is -0.410. The van der Waals surface area contributed by atoms with E-state index >= 15 is 0 Å². The van der Waals surface area contributed by atoms with E-state index < -0.39 is 5.91 Å². The highest BCUT2D eigenvalue weighted by atomic mass is 35.5. The van der Waals surface area contributed by atoms with Crippen molar-refractivity contribution >= 4 is 57.7 Å². The van der Waals surface area contributed by atoms with Gasteiger partial charge < -0.3 is 14.2 Å². The predicted molar refractivity (Wildman–Crippen MR) is 156 cm³/mol. The fraction of sp³-hybridized carbons (Fsp3) is 0.100. The summed E-state index contributed by atoms with van der Waals surface area (Å²) in [5, 5.41) is 6.12. The summed E-state index contributed by atoms with van der Waals surface area (Å²) in [5.41, 5.74) is 4.88. The molecule has 8 heteroatoms. The van der Waals surface area contributed by atoms with Gasteiger partial charge in [-0.05, 0) is 72.2 Å². The average molecular weight is 542 g/mol. The SMILES string of the molecule is CC(C)c1ccc2oc(-c3ccc(Cl)c(NC(=S)NC(=O)/C=C/c4ccc(-c5ccccc5)o4)c3)nc2c1. The molecule has 0 spiro atoms. The van der Waals surface area contributed by atoms with Crippen molar-refractivity contribution in [2.24, 2.45) is 0 Å². The van der Waals surface area contributed by atoms with Gasteiger partial charge >= 0.3 is 0 Å². The zero-order valence-corrected chi connectivity index (χ0v) is 22.3. The van der Waals surface area contributed by atoms with Crippen molar-refractivity contribution in [1.82, 2.24) is 10.3 Å². The third kappa shape index (κ3) is 5.85. The monoisotopic (exact) mass is 541 g/mol. The maximum Gasteiger partial charge on any atom is 0.250 e. The highest BCUT2D eigenvalue weighted by molar-refractivity contribution is 7.80. The number of amides is 1. The largest absolute Gasteiger partial charge is 0.457 e. The van der Waals surface area contributed by atoms with E-state index in [9.17, 15) is 4.79 Å². The summed E-state index contributed by atoms with van der Waals surface area (Å²) in [5.74, 6) is 1.71. The van der Waals surface area contributed by atoms with Crippen LogP contribution in [0.4, 0.5) is 5.69 Å². The minimum absolute atomic E-state index is 0.0993. The Morgan fingerprint density at radius 1 is 0.974 bits per heavy atom. The Balaban J connectivity index is 1.24.